The number of phenolic OH excluding ortho intramolecular Hbond substituents is 1. The molecule has 1 aromatic carbocycles. The number of hydrogen-bond acceptors (Lipinski definition) is 3. The Morgan fingerprint density at radius 2 is 1.83 bits per heavy atom. The van der Waals surface area contributed by atoms with Crippen LogP contribution in [0.3, 0.4) is 0 Å². The van der Waals surface area contributed by atoms with Gasteiger partial charge in [-0.15, -0.1) is 0 Å². The lowest BCUT2D eigenvalue weighted by atomic mass is 10.0. The summed E-state index contributed by atoms with van der Waals surface area (Å²) in [5, 5.41) is 13.2. The highest BCUT2D eigenvalue weighted by atomic mass is 16.5. The van der Waals surface area contributed by atoms with E-state index in [0.29, 0.717) is 31.6 Å². The van der Waals surface area contributed by atoms with Crippen LogP contribution in [0.15, 0.2) is 79.5 Å². The van der Waals surface area contributed by atoms with Crippen molar-refractivity contribution >= 4 is 5.91 Å². The van der Waals surface area contributed by atoms with Crippen LogP contribution >= 0.6 is 0 Å². The van der Waals surface area contributed by atoms with E-state index >= 15 is 0 Å². The van der Waals surface area contributed by atoms with Crippen molar-refractivity contribution in [3.8, 4) is 11.5 Å². The van der Waals surface area contributed by atoms with Crippen LogP contribution in [0.25, 0.3) is 0 Å². The normalized spacial score (nSPS) is 12.9. The second-order valence-corrected chi connectivity index (χ2v) is 6.88. The lowest BCUT2D eigenvalue weighted by molar-refractivity contribution is -0.121. The zero-order chi connectivity index (χ0) is 22.0. The average molecular weight is 410 g/mol. The smallest absolute Gasteiger partial charge is 0.220 e. The zero-order valence-electron chi connectivity index (χ0n) is 18.2. The molecule has 0 heterocycles. The van der Waals surface area contributed by atoms with E-state index in [2.05, 4.69) is 11.9 Å². The van der Waals surface area contributed by atoms with Crippen LogP contribution in [0.2, 0.25) is 0 Å². The van der Waals surface area contributed by atoms with Crippen molar-refractivity contribution in [3.63, 3.8) is 0 Å². The maximum absolute atomic E-state index is 12.2. The Morgan fingerprint density at radius 1 is 1.13 bits per heavy atom. The quantitative estimate of drug-likeness (QED) is 0.381. The molecule has 1 atom stereocenters. The fraction of sp³-hybridized carbons (Fsp3) is 0.346. The molecule has 0 bridgehead atoms. The summed E-state index contributed by atoms with van der Waals surface area (Å²) in [6.45, 7) is 8.25. The summed E-state index contributed by atoms with van der Waals surface area (Å²) < 4.78 is 5.50. The first-order chi connectivity index (χ1) is 14.6. The van der Waals surface area contributed by atoms with Gasteiger partial charge in [-0.3, -0.25) is 4.79 Å². The van der Waals surface area contributed by atoms with Crippen LogP contribution in [-0.4, -0.2) is 23.7 Å². The van der Waals surface area contributed by atoms with Crippen LogP contribution in [0.1, 0.15) is 45.1 Å². The molecule has 4 heteroatoms. The lowest BCUT2D eigenvalue weighted by Gasteiger charge is -2.17. The number of ether oxygens (including phenoxy) is 1. The number of allylic oxidation sites excluding steroid dienone is 9. The van der Waals surface area contributed by atoms with Crippen molar-refractivity contribution in [2.75, 3.05) is 6.61 Å². The average Bonchev–Trinajstić information content (AvgIpc) is 2.74. The van der Waals surface area contributed by atoms with Crippen LogP contribution in [-0.2, 0) is 11.2 Å². The van der Waals surface area contributed by atoms with Gasteiger partial charge in [0.1, 0.15) is 0 Å². The van der Waals surface area contributed by atoms with E-state index < -0.39 is 0 Å². The number of benzene rings is 1. The molecule has 1 aromatic rings. The summed E-state index contributed by atoms with van der Waals surface area (Å²) in [4.78, 5) is 12.2. The number of phenols is 1. The van der Waals surface area contributed by atoms with Crippen LogP contribution in [0.5, 0.6) is 11.5 Å². The van der Waals surface area contributed by atoms with Gasteiger partial charge in [-0.2, -0.15) is 0 Å². The van der Waals surface area contributed by atoms with E-state index in [-0.39, 0.29) is 17.7 Å². The second kappa shape index (κ2) is 15.9. The summed E-state index contributed by atoms with van der Waals surface area (Å²) in [7, 11) is 0. The van der Waals surface area contributed by atoms with Gasteiger partial charge in [-0.1, -0.05) is 81.2 Å². The minimum Gasteiger partial charge on any atom is -0.504 e. The molecule has 2 N–H and O–H groups in total. The molecule has 1 amide bonds. The first-order valence-corrected chi connectivity index (χ1v) is 10.6. The molecular weight excluding hydrogens is 374 g/mol. The largest absolute Gasteiger partial charge is 0.504 e. The Labute approximate surface area is 181 Å². The molecule has 30 heavy (non-hydrogen) atoms. The van der Waals surface area contributed by atoms with Crippen molar-refractivity contribution in [3.05, 3.63) is 85.0 Å². The number of hydrogen-bond donors (Lipinski definition) is 2. The Hall–Kier alpha value is -3.01. The summed E-state index contributed by atoms with van der Waals surface area (Å²) >= 11 is 0. The zero-order valence-corrected chi connectivity index (χ0v) is 18.2. The van der Waals surface area contributed by atoms with Gasteiger partial charge in [-0.05, 0) is 43.4 Å². The first kappa shape index (κ1) is 25.0. The lowest BCUT2D eigenvalue weighted by Crippen LogP contribution is -2.35. The number of nitrogens with one attached hydrogen (secondary N) is 1. The molecule has 0 saturated carbocycles. The first-order valence-electron chi connectivity index (χ1n) is 10.6. The summed E-state index contributed by atoms with van der Waals surface area (Å²) in [6.07, 6.45) is 20.7. The van der Waals surface area contributed by atoms with Gasteiger partial charge in [0.25, 0.3) is 0 Å². The molecule has 0 aliphatic heterocycles. The van der Waals surface area contributed by atoms with Crippen molar-refractivity contribution in [2.24, 2.45) is 0 Å². The van der Waals surface area contributed by atoms with Crippen molar-refractivity contribution in [2.45, 2.75) is 52.0 Å². The SMILES string of the molecule is C=C/C=C/C=C\C=C/C=C/CCC(=O)NC(CC)Cc1ccc(OCCC)c(O)c1. The third kappa shape index (κ3) is 11.1. The molecule has 0 saturated heterocycles. The van der Waals surface area contributed by atoms with E-state index in [0.717, 1.165) is 18.4 Å². The van der Waals surface area contributed by atoms with Crippen molar-refractivity contribution < 1.29 is 14.6 Å². The van der Waals surface area contributed by atoms with Crippen LogP contribution in [0.4, 0.5) is 0 Å². The van der Waals surface area contributed by atoms with E-state index in [1.165, 1.54) is 0 Å². The highest BCUT2D eigenvalue weighted by Gasteiger charge is 2.12. The van der Waals surface area contributed by atoms with Gasteiger partial charge in [0.15, 0.2) is 11.5 Å². The highest BCUT2D eigenvalue weighted by molar-refractivity contribution is 5.76. The summed E-state index contributed by atoms with van der Waals surface area (Å²) in [5.74, 6) is 0.686. The molecule has 1 unspecified atom stereocenters. The third-order valence-electron chi connectivity index (χ3n) is 4.30. The molecule has 0 radical (unpaired) electrons. The van der Waals surface area contributed by atoms with Gasteiger partial charge >= 0.3 is 0 Å². The fourth-order valence-electron chi connectivity index (χ4n) is 2.69. The fourth-order valence-corrected chi connectivity index (χ4v) is 2.69. The molecule has 162 valence electrons. The summed E-state index contributed by atoms with van der Waals surface area (Å²) in [6, 6.07) is 5.49. The standard InChI is InChI=1S/C26H35NO3/c1-4-7-8-9-10-11-12-13-14-15-16-26(29)27-23(6-3)20-22-17-18-25(24(28)21-22)30-19-5-2/h4,7-14,17-18,21,23,28H,1,5-6,15-16,19-20H2,2-3H3,(H,27,29)/b8-7+,10-9-,12-11-,14-13+. The van der Waals surface area contributed by atoms with Gasteiger partial charge in [0.05, 0.1) is 6.61 Å². The van der Waals surface area contributed by atoms with E-state index in [9.17, 15) is 9.90 Å². The third-order valence-corrected chi connectivity index (χ3v) is 4.30. The van der Waals surface area contributed by atoms with Crippen molar-refractivity contribution in [1.29, 1.82) is 0 Å². The Bertz CT molecular complexity index is 760. The molecule has 0 aromatic heterocycles. The minimum atomic E-state index is 0.0388. The van der Waals surface area contributed by atoms with Gasteiger partial charge in [-0.25, -0.2) is 0 Å². The highest BCUT2D eigenvalue weighted by Crippen LogP contribution is 2.27. The Morgan fingerprint density at radius 3 is 2.47 bits per heavy atom. The molecule has 0 spiro atoms. The Balaban J connectivity index is 2.40. The van der Waals surface area contributed by atoms with Crippen LogP contribution in [0, 0.1) is 0 Å². The van der Waals surface area contributed by atoms with Gasteiger partial charge < -0.3 is 15.2 Å². The second-order valence-electron chi connectivity index (χ2n) is 6.88. The maximum atomic E-state index is 12.2. The summed E-state index contributed by atoms with van der Waals surface area (Å²) in [5.41, 5.74) is 0.976. The molecular formula is C26H35NO3. The minimum absolute atomic E-state index is 0.0388. The number of amides is 1. The monoisotopic (exact) mass is 409 g/mol. The number of carbonyl (C=O) groups is 1. The van der Waals surface area contributed by atoms with Crippen LogP contribution < -0.4 is 10.1 Å². The van der Waals surface area contributed by atoms with E-state index in [1.54, 1.807) is 18.2 Å². The van der Waals surface area contributed by atoms with E-state index in [4.69, 9.17) is 4.74 Å². The topological polar surface area (TPSA) is 58.6 Å². The number of aromatic hydroxyl groups is 1. The molecule has 4 nitrogen and oxygen atoms in total. The van der Waals surface area contributed by atoms with Gasteiger partial charge in [0.2, 0.25) is 5.91 Å². The molecule has 1 rings (SSSR count). The van der Waals surface area contributed by atoms with Gasteiger partial charge in [0, 0.05) is 12.5 Å². The Kier molecular flexibility index (Phi) is 13.2. The number of rotatable bonds is 14. The van der Waals surface area contributed by atoms with Crippen molar-refractivity contribution in [1.82, 2.24) is 5.32 Å². The maximum Gasteiger partial charge on any atom is 0.220 e. The molecule has 0 aliphatic rings. The predicted molar refractivity (Wildman–Crippen MR) is 126 cm³/mol. The number of carbonyl (C=O) groups excluding carboxylic acids is 1. The molecule has 0 fully saturated rings. The predicted octanol–water partition coefficient (Wildman–Crippen LogP) is 5.81. The van der Waals surface area contributed by atoms with E-state index in [1.807, 2.05) is 68.5 Å². The molecule has 0 aliphatic carbocycles.